The smallest absolute Gasteiger partial charge is 0.261 e. The number of sulfone groups is 1. The SMILES string of the molecule is C[C@@H](Oc1cccc(Cl)c1)C(=O)N[C@@H]1CCS(=O)(=O)C1. The first-order valence-electron chi connectivity index (χ1n) is 6.29. The van der Waals surface area contributed by atoms with Gasteiger partial charge in [-0.3, -0.25) is 4.79 Å². The minimum atomic E-state index is -3.00. The molecule has 0 bridgehead atoms. The lowest BCUT2D eigenvalue weighted by molar-refractivity contribution is -0.127. The number of carbonyl (C=O) groups is 1. The number of hydrogen-bond acceptors (Lipinski definition) is 4. The fourth-order valence-electron chi connectivity index (χ4n) is 2.03. The molecule has 0 aliphatic carbocycles. The lowest BCUT2D eigenvalue weighted by atomic mass is 10.2. The average molecular weight is 318 g/mol. The zero-order valence-corrected chi connectivity index (χ0v) is 12.6. The van der Waals surface area contributed by atoms with Crippen LogP contribution in [0.5, 0.6) is 5.75 Å². The van der Waals surface area contributed by atoms with Gasteiger partial charge in [-0.25, -0.2) is 8.42 Å². The molecule has 1 aliphatic heterocycles. The van der Waals surface area contributed by atoms with E-state index in [2.05, 4.69) is 5.32 Å². The summed E-state index contributed by atoms with van der Waals surface area (Å²) >= 11 is 5.83. The van der Waals surface area contributed by atoms with Crippen LogP contribution in [0.2, 0.25) is 5.02 Å². The number of halogens is 1. The van der Waals surface area contributed by atoms with Gasteiger partial charge in [0.1, 0.15) is 5.75 Å². The quantitative estimate of drug-likeness (QED) is 0.911. The van der Waals surface area contributed by atoms with Crippen molar-refractivity contribution in [2.45, 2.75) is 25.5 Å². The number of amides is 1. The highest BCUT2D eigenvalue weighted by Gasteiger charge is 2.30. The van der Waals surface area contributed by atoms with Crippen molar-refractivity contribution in [3.63, 3.8) is 0 Å². The Morgan fingerprint density at radius 2 is 2.25 bits per heavy atom. The van der Waals surface area contributed by atoms with Crippen LogP contribution in [0.3, 0.4) is 0 Å². The molecule has 2 atom stereocenters. The molecule has 0 saturated carbocycles. The first kappa shape index (κ1) is 15.1. The highest BCUT2D eigenvalue weighted by atomic mass is 35.5. The highest BCUT2D eigenvalue weighted by Crippen LogP contribution is 2.18. The number of nitrogens with one attached hydrogen (secondary N) is 1. The summed E-state index contributed by atoms with van der Waals surface area (Å²) in [4.78, 5) is 11.9. The molecule has 20 heavy (non-hydrogen) atoms. The summed E-state index contributed by atoms with van der Waals surface area (Å²) < 4.78 is 28.1. The van der Waals surface area contributed by atoms with Crippen molar-refractivity contribution in [2.75, 3.05) is 11.5 Å². The first-order valence-corrected chi connectivity index (χ1v) is 8.49. The van der Waals surface area contributed by atoms with Gasteiger partial charge in [0.2, 0.25) is 0 Å². The van der Waals surface area contributed by atoms with Gasteiger partial charge >= 0.3 is 0 Å². The van der Waals surface area contributed by atoms with E-state index in [1.807, 2.05) is 0 Å². The zero-order chi connectivity index (χ0) is 14.8. The van der Waals surface area contributed by atoms with Crippen LogP contribution in [0.1, 0.15) is 13.3 Å². The van der Waals surface area contributed by atoms with Gasteiger partial charge in [0.15, 0.2) is 15.9 Å². The molecular weight excluding hydrogens is 302 g/mol. The molecular formula is C13H16ClNO4S. The Labute approximate surface area is 123 Å². The summed E-state index contributed by atoms with van der Waals surface area (Å²) in [6, 6.07) is 6.44. The fourth-order valence-corrected chi connectivity index (χ4v) is 3.88. The van der Waals surface area contributed by atoms with Crippen molar-refractivity contribution in [1.29, 1.82) is 0 Å². The summed E-state index contributed by atoms with van der Waals surface area (Å²) in [7, 11) is -3.00. The van der Waals surface area contributed by atoms with E-state index in [-0.39, 0.29) is 23.5 Å². The number of carbonyl (C=O) groups excluding carboxylic acids is 1. The Morgan fingerprint density at radius 1 is 1.50 bits per heavy atom. The zero-order valence-electron chi connectivity index (χ0n) is 11.0. The van der Waals surface area contributed by atoms with Crippen molar-refractivity contribution in [3.05, 3.63) is 29.3 Å². The average Bonchev–Trinajstić information content (AvgIpc) is 2.68. The topological polar surface area (TPSA) is 72.5 Å². The summed E-state index contributed by atoms with van der Waals surface area (Å²) in [5.41, 5.74) is 0. The van der Waals surface area contributed by atoms with E-state index < -0.39 is 15.9 Å². The third-order valence-corrected chi connectivity index (χ3v) is 5.06. The van der Waals surface area contributed by atoms with Crippen LogP contribution in [0.15, 0.2) is 24.3 Å². The van der Waals surface area contributed by atoms with E-state index in [9.17, 15) is 13.2 Å². The fraction of sp³-hybridized carbons (Fsp3) is 0.462. The van der Waals surface area contributed by atoms with E-state index in [4.69, 9.17) is 16.3 Å². The van der Waals surface area contributed by atoms with E-state index in [1.54, 1.807) is 31.2 Å². The molecule has 110 valence electrons. The molecule has 1 N–H and O–H groups in total. The van der Waals surface area contributed by atoms with Crippen molar-refractivity contribution in [3.8, 4) is 5.75 Å². The third-order valence-electron chi connectivity index (χ3n) is 3.06. The maximum atomic E-state index is 11.9. The summed E-state index contributed by atoms with van der Waals surface area (Å²) in [6.45, 7) is 1.61. The van der Waals surface area contributed by atoms with Gasteiger partial charge in [0.25, 0.3) is 5.91 Å². The molecule has 1 aromatic carbocycles. The Bertz CT molecular complexity index is 602. The number of benzene rings is 1. The summed E-state index contributed by atoms with van der Waals surface area (Å²) in [5.74, 6) is 0.302. The molecule has 0 aromatic heterocycles. The van der Waals surface area contributed by atoms with Crippen LogP contribution >= 0.6 is 11.6 Å². The largest absolute Gasteiger partial charge is 0.481 e. The van der Waals surface area contributed by atoms with Crippen LogP contribution in [0, 0.1) is 0 Å². The van der Waals surface area contributed by atoms with Gasteiger partial charge in [0, 0.05) is 11.1 Å². The number of ether oxygens (including phenoxy) is 1. The molecule has 0 radical (unpaired) electrons. The minimum Gasteiger partial charge on any atom is -0.481 e. The van der Waals surface area contributed by atoms with E-state index in [0.717, 1.165) is 0 Å². The maximum Gasteiger partial charge on any atom is 0.261 e. The Kier molecular flexibility index (Phi) is 4.55. The monoisotopic (exact) mass is 317 g/mol. The van der Waals surface area contributed by atoms with E-state index in [1.165, 1.54) is 0 Å². The molecule has 2 rings (SSSR count). The van der Waals surface area contributed by atoms with Crippen molar-refractivity contribution >= 4 is 27.3 Å². The van der Waals surface area contributed by atoms with Crippen molar-refractivity contribution < 1.29 is 17.9 Å². The number of rotatable bonds is 4. The van der Waals surface area contributed by atoms with Gasteiger partial charge in [-0.15, -0.1) is 0 Å². The molecule has 1 aromatic rings. The minimum absolute atomic E-state index is 0.00260. The second kappa shape index (κ2) is 6.01. The molecule has 1 saturated heterocycles. The number of hydrogen-bond donors (Lipinski definition) is 1. The van der Waals surface area contributed by atoms with Crippen LogP contribution in [0.4, 0.5) is 0 Å². The maximum absolute atomic E-state index is 11.9. The molecule has 1 heterocycles. The molecule has 1 fully saturated rings. The molecule has 0 spiro atoms. The molecule has 1 amide bonds. The van der Waals surface area contributed by atoms with Gasteiger partial charge < -0.3 is 10.1 Å². The molecule has 1 aliphatic rings. The summed E-state index contributed by atoms with van der Waals surface area (Å²) in [6.07, 6.45) is -0.255. The lowest BCUT2D eigenvalue weighted by Gasteiger charge is -2.17. The predicted octanol–water partition coefficient (Wildman–Crippen LogP) is 1.41. The Morgan fingerprint density at radius 3 is 2.85 bits per heavy atom. The normalized spacial score (nSPS) is 22.2. The van der Waals surface area contributed by atoms with Gasteiger partial charge in [-0.2, -0.15) is 0 Å². The lowest BCUT2D eigenvalue weighted by Crippen LogP contribution is -2.43. The molecule has 7 heteroatoms. The van der Waals surface area contributed by atoms with Crippen molar-refractivity contribution in [2.24, 2.45) is 0 Å². The second-order valence-corrected chi connectivity index (χ2v) is 7.49. The molecule has 5 nitrogen and oxygen atoms in total. The van der Waals surface area contributed by atoms with Crippen LogP contribution in [-0.2, 0) is 14.6 Å². The van der Waals surface area contributed by atoms with E-state index >= 15 is 0 Å². The Hall–Kier alpha value is -1.27. The summed E-state index contributed by atoms with van der Waals surface area (Å²) in [5, 5.41) is 3.22. The van der Waals surface area contributed by atoms with E-state index in [0.29, 0.717) is 17.2 Å². The van der Waals surface area contributed by atoms with Crippen LogP contribution in [-0.4, -0.2) is 38.0 Å². The second-order valence-electron chi connectivity index (χ2n) is 4.83. The van der Waals surface area contributed by atoms with Crippen LogP contribution in [0.25, 0.3) is 0 Å². The van der Waals surface area contributed by atoms with Gasteiger partial charge in [-0.05, 0) is 31.5 Å². The predicted molar refractivity (Wildman–Crippen MR) is 76.7 cm³/mol. The molecule has 0 unspecified atom stereocenters. The third kappa shape index (κ3) is 4.11. The van der Waals surface area contributed by atoms with Crippen molar-refractivity contribution in [1.82, 2.24) is 5.32 Å². The standard InChI is InChI=1S/C13H16ClNO4S/c1-9(19-12-4-2-3-10(14)7-12)13(16)15-11-5-6-20(17,18)8-11/h2-4,7,9,11H,5-6,8H2,1H3,(H,15,16)/t9-,11-/m1/s1. The van der Waals surface area contributed by atoms with Crippen LogP contribution < -0.4 is 10.1 Å². The first-order chi connectivity index (χ1) is 9.35. The highest BCUT2D eigenvalue weighted by molar-refractivity contribution is 7.91. The Balaban J connectivity index is 1.89. The van der Waals surface area contributed by atoms with Gasteiger partial charge in [-0.1, -0.05) is 17.7 Å². The van der Waals surface area contributed by atoms with Gasteiger partial charge in [0.05, 0.1) is 11.5 Å².